The lowest BCUT2D eigenvalue weighted by molar-refractivity contribution is 0.566. The van der Waals surface area contributed by atoms with Gasteiger partial charge in [-0.2, -0.15) is 0 Å². The van der Waals surface area contributed by atoms with Gasteiger partial charge in [0.15, 0.2) is 0 Å². The van der Waals surface area contributed by atoms with Crippen molar-refractivity contribution in [3.63, 3.8) is 0 Å². The molecule has 11 heavy (non-hydrogen) atoms. The highest BCUT2D eigenvalue weighted by Crippen LogP contribution is 2.13. The van der Waals surface area contributed by atoms with Crippen LogP contribution < -0.4 is 0 Å². The van der Waals surface area contributed by atoms with Crippen LogP contribution in [0.2, 0.25) is 0 Å². The van der Waals surface area contributed by atoms with E-state index in [1.807, 2.05) is 6.07 Å². The molecule has 0 aliphatic carbocycles. The van der Waals surface area contributed by atoms with Crippen molar-refractivity contribution in [1.82, 2.24) is 0 Å². The second-order valence-electron chi connectivity index (χ2n) is 2.80. The molecule has 2 heterocycles. The third-order valence-corrected chi connectivity index (χ3v) is 1.98. The molecule has 0 bridgehead atoms. The summed E-state index contributed by atoms with van der Waals surface area (Å²) in [6, 6.07) is 1.98. The molecule has 1 aromatic rings. The lowest BCUT2D eigenvalue weighted by Gasteiger charge is -2.08. The molecule has 2 heteroatoms. The van der Waals surface area contributed by atoms with Crippen LogP contribution in [0.4, 0.5) is 0 Å². The third-order valence-electron chi connectivity index (χ3n) is 1.98. The molecule has 0 amide bonds. The van der Waals surface area contributed by atoms with Gasteiger partial charge in [-0.15, -0.1) is 0 Å². The van der Waals surface area contributed by atoms with Gasteiger partial charge in [0.25, 0.3) is 0 Å². The average molecular weight is 149 g/mol. The van der Waals surface area contributed by atoms with Gasteiger partial charge < -0.3 is 4.42 Å². The Morgan fingerprint density at radius 3 is 3.00 bits per heavy atom. The quantitative estimate of drug-likeness (QED) is 0.601. The van der Waals surface area contributed by atoms with Crippen LogP contribution in [0.3, 0.4) is 0 Å². The first-order valence-electron chi connectivity index (χ1n) is 4.03. The van der Waals surface area contributed by atoms with Gasteiger partial charge in [-0.3, -0.25) is 4.99 Å². The fourth-order valence-corrected chi connectivity index (χ4v) is 1.36. The van der Waals surface area contributed by atoms with Crippen molar-refractivity contribution < 1.29 is 4.42 Å². The first-order chi connectivity index (χ1) is 5.47. The predicted molar refractivity (Wildman–Crippen MR) is 44.0 cm³/mol. The van der Waals surface area contributed by atoms with Gasteiger partial charge in [0, 0.05) is 17.8 Å². The molecule has 58 valence electrons. The third kappa shape index (κ3) is 1.34. The van der Waals surface area contributed by atoms with Gasteiger partial charge >= 0.3 is 0 Å². The molecule has 0 N–H and O–H groups in total. The molecule has 0 unspecified atom stereocenters. The summed E-state index contributed by atoms with van der Waals surface area (Å²) in [6.07, 6.45) is 7.08. The van der Waals surface area contributed by atoms with Crippen LogP contribution in [0.15, 0.2) is 28.0 Å². The molecule has 1 aliphatic rings. The zero-order valence-electron chi connectivity index (χ0n) is 6.42. The molecular formula is C9H11NO. The summed E-state index contributed by atoms with van der Waals surface area (Å²) in [5.74, 6) is 0. The number of rotatable bonds is 1. The molecule has 2 nitrogen and oxygen atoms in total. The van der Waals surface area contributed by atoms with Crippen molar-refractivity contribution in [2.75, 3.05) is 6.54 Å². The van der Waals surface area contributed by atoms with Crippen molar-refractivity contribution in [2.24, 2.45) is 4.99 Å². The minimum absolute atomic E-state index is 0.987. The van der Waals surface area contributed by atoms with Crippen LogP contribution in [0, 0.1) is 0 Å². The first-order valence-corrected chi connectivity index (χ1v) is 4.03. The Hall–Kier alpha value is -1.05. The summed E-state index contributed by atoms with van der Waals surface area (Å²) in [5, 5.41) is 0. The second-order valence-corrected chi connectivity index (χ2v) is 2.80. The first kappa shape index (κ1) is 6.65. The van der Waals surface area contributed by atoms with Gasteiger partial charge in [0.1, 0.15) is 0 Å². The van der Waals surface area contributed by atoms with Crippen LogP contribution in [0.25, 0.3) is 0 Å². The molecule has 0 radical (unpaired) electrons. The molecule has 0 fully saturated rings. The summed E-state index contributed by atoms with van der Waals surface area (Å²) >= 11 is 0. The molecule has 0 atom stereocenters. The monoisotopic (exact) mass is 149 g/mol. The Balaban J connectivity index is 2.22. The molecule has 0 spiro atoms. The minimum atomic E-state index is 0.987. The van der Waals surface area contributed by atoms with Gasteiger partial charge in [0.2, 0.25) is 0 Å². The normalized spacial score (nSPS) is 18.0. The lowest BCUT2D eigenvalue weighted by Crippen LogP contribution is -2.06. The molecule has 2 rings (SSSR count). The summed E-state index contributed by atoms with van der Waals surface area (Å²) in [7, 11) is 0. The van der Waals surface area contributed by atoms with Crippen molar-refractivity contribution in [2.45, 2.75) is 19.3 Å². The highest BCUT2D eigenvalue weighted by molar-refractivity contribution is 6.00. The van der Waals surface area contributed by atoms with E-state index >= 15 is 0 Å². The van der Waals surface area contributed by atoms with E-state index in [2.05, 4.69) is 4.99 Å². The van der Waals surface area contributed by atoms with E-state index in [1.165, 1.54) is 18.6 Å². The lowest BCUT2D eigenvalue weighted by atomic mass is 10.0. The summed E-state index contributed by atoms with van der Waals surface area (Å²) in [4.78, 5) is 4.43. The number of nitrogens with zero attached hydrogens (tertiary/aromatic N) is 1. The molecular weight excluding hydrogens is 138 g/mol. The summed E-state index contributed by atoms with van der Waals surface area (Å²) in [5.41, 5.74) is 2.37. The van der Waals surface area contributed by atoms with Crippen molar-refractivity contribution in [3.05, 3.63) is 24.2 Å². The van der Waals surface area contributed by atoms with E-state index in [4.69, 9.17) is 4.42 Å². The van der Waals surface area contributed by atoms with E-state index in [9.17, 15) is 0 Å². The highest BCUT2D eigenvalue weighted by Gasteiger charge is 2.07. The maximum Gasteiger partial charge on any atom is 0.0993 e. The van der Waals surface area contributed by atoms with E-state index in [1.54, 1.807) is 12.5 Å². The maximum atomic E-state index is 4.99. The van der Waals surface area contributed by atoms with Crippen LogP contribution in [-0.2, 0) is 0 Å². The number of aliphatic imine (C=N–C) groups is 1. The zero-order valence-corrected chi connectivity index (χ0v) is 6.42. The van der Waals surface area contributed by atoms with E-state index in [-0.39, 0.29) is 0 Å². The largest absolute Gasteiger partial charge is 0.472 e. The smallest absolute Gasteiger partial charge is 0.0993 e. The number of hydrogen-bond acceptors (Lipinski definition) is 2. The van der Waals surface area contributed by atoms with Gasteiger partial charge in [0.05, 0.1) is 12.5 Å². The van der Waals surface area contributed by atoms with E-state index in [0.717, 1.165) is 18.5 Å². The fraction of sp³-hybridized carbons (Fsp3) is 0.444. The molecule has 0 saturated carbocycles. The SMILES string of the molecule is c1cc(C2=NCCCC2)co1. The van der Waals surface area contributed by atoms with Gasteiger partial charge in [-0.25, -0.2) is 0 Å². The second kappa shape index (κ2) is 2.91. The predicted octanol–water partition coefficient (Wildman–Crippen LogP) is 2.25. The van der Waals surface area contributed by atoms with Crippen molar-refractivity contribution >= 4 is 5.71 Å². The van der Waals surface area contributed by atoms with E-state index in [0.29, 0.717) is 0 Å². The molecule has 1 aliphatic heterocycles. The van der Waals surface area contributed by atoms with Gasteiger partial charge in [-0.05, 0) is 25.3 Å². The Bertz CT molecular complexity index is 249. The molecule has 0 aromatic carbocycles. The number of furan rings is 1. The van der Waals surface area contributed by atoms with Crippen LogP contribution in [-0.4, -0.2) is 12.3 Å². The summed E-state index contributed by atoms with van der Waals surface area (Å²) < 4.78 is 4.99. The molecule has 1 aromatic heterocycles. The van der Waals surface area contributed by atoms with Crippen LogP contribution >= 0.6 is 0 Å². The Kier molecular flexibility index (Phi) is 1.76. The topological polar surface area (TPSA) is 25.5 Å². The maximum absolute atomic E-state index is 4.99. The fourth-order valence-electron chi connectivity index (χ4n) is 1.36. The zero-order chi connectivity index (χ0) is 7.52. The standard InChI is InChI=1S/C9H11NO/c1-2-5-10-9(3-1)8-4-6-11-7-8/h4,6-7H,1-3,5H2. The van der Waals surface area contributed by atoms with Crippen molar-refractivity contribution in [1.29, 1.82) is 0 Å². The van der Waals surface area contributed by atoms with Crippen molar-refractivity contribution in [3.8, 4) is 0 Å². The number of hydrogen-bond donors (Lipinski definition) is 0. The Labute approximate surface area is 65.9 Å². The molecule has 0 saturated heterocycles. The average Bonchev–Trinajstić information content (AvgIpc) is 2.58. The van der Waals surface area contributed by atoms with Crippen LogP contribution in [0.5, 0.6) is 0 Å². The Morgan fingerprint density at radius 1 is 1.36 bits per heavy atom. The Morgan fingerprint density at radius 2 is 2.36 bits per heavy atom. The highest BCUT2D eigenvalue weighted by atomic mass is 16.3. The van der Waals surface area contributed by atoms with Crippen LogP contribution in [0.1, 0.15) is 24.8 Å². The van der Waals surface area contributed by atoms with Gasteiger partial charge in [-0.1, -0.05) is 0 Å². The minimum Gasteiger partial charge on any atom is -0.472 e. The van der Waals surface area contributed by atoms with E-state index < -0.39 is 0 Å². The summed E-state index contributed by atoms with van der Waals surface area (Å²) in [6.45, 7) is 0.987.